The molecule has 1 rings (SSSR count). The van der Waals surface area contributed by atoms with Crippen molar-refractivity contribution in [1.29, 1.82) is 0 Å². The minimum absolute atomic E-state index is 0.573. The summed E-state index contributed by atoms with van der Waals surface area (Å²) < 4.78 is 5.63. The molecule has 0 fully saturated rings. The molecule has 0 aliphatic rings. The van der Waals surface area contributed by atoms with E-state index < -0.39 is 0 Å². The first-order chi connectivity index (χ1) is 8.22. The van der Waals surface area contributed by atoms with Crippen LogP contribution < -0.4 is 10.1 Å². The molecule has 1 N–H and O–H groups in total. The lowest BCUT2D eigenvalue weighted by Gasteiger charge is -2.17. The average molecular weight is 235 g/mol. The number of nitrogens with one attached hydrogen (secondary N) is 1. The monoisotopic (exact) mass is 235 g/mol. The Balaban J connectivity index is 2.08. The first kappa shape index (κ1) is 14.0. The molecular formula is C15H25NO. The molecule has 0 radical (unpaired) electrons. The number of rotatable bonds is 8. The van der Waals surface area contributed by atoms with Gasteiger partial charge in [0.05, 0.1) is 0 Å². The molecule has 2 unspecified atom stereocenters. The lowest BCUT2D eigenvalue weighted by molar-refractivity contribution is 0.299. The summed E-state index contributed by atoms with van der Waals surface area (Å²) in [6.07, 6.45) is 2.49. The second-order valence-electron chi connectivity index (χ2n) is 4.77. The zero-order valence-corrected chi connectivity index (χ0v) is 11.3. The van der Waals surface area contributed by atoms with Gasteiger partial charge in [-0.05, 0) is 31.4 Å². The average Bonchev–Trinajstić information content (AvgIpc) is 2.36. The Morgan fingerprint density at radius 1 is 1.18 bits per heavy atom. The molecule has 0 spiro atoms. The standard InChI is InChI=1S/C15H25NO/c1-4-13(2)12-14(3)16-10-11-17-15-8-6-5-7-9-15/h5-9,13-14,16H,4,10-12H2,1-3H3. The highest BCUT2D eigenvalue weighted by molar-refractivity contribution is 5.20. The number of para-hydroxylation sites is 1. The fourth-order valence-corrected chi connectivity index (χ4v) is 1.84. The third-order valence-corrected chi connectivity index (χ3v) is 3.06. The molecule has 0 heterocycles. The maximum Gasteiger partial charge on any atom is 0.119 e. The Bertz CT molecular complexity index is 286. The second-order valence-corrected chi connectivity index (χ2v) is 4.77. The normalized spacial score (nSPS) is 14.3. The van der Waals surface area contributed by atoms with Gasteiger partial charge in [-0.2, -0.15) is 0 Å². The summed E-state index contributed by atoms with van der Waals surface area (Å²) in [7, 11) is 0. The van der Waals surface area contributed by atoms with E-state index in [2.05, 4.69) is 26.1 Å². The van der Waals surface area contributed by atoms with Crippen LogP contribution in [0.2, 0.25) is 0 Å². The van der Waals surface area contributed by atoms with Gasteiger partial charge in [-0.15, -0.1) is 0 Å². The molecule has 0 amide bonds. The fourth-order valence-electron chi connectivity index (χ4n) is 1.84. The highest BCUT2D eigenvalue weighted by atomic mass is 16.5. The van der Waals surface area contributed by atoms with Gasteiger partial charge in [-0.1, -0.05) is 38.5 Å². The summed E-state index contributed by atoms with van der Waals surface area (Å²) in [6, 6.07) is 10.5. The van der Waals surface area contributed by atoms with E-state index in [9.17, 15) is 0 Å². The highest BCUT2D eigenvalue weighted by Crippen LogP contribution is 2.09. The lowest BCUT2D eigenvalue weighted by Crippen LogP contribution is -2.31. The number of ether oxygens (including phenoxy) is 1. The van der Waals surface area contributed by atoms with Gasteiger partial charge < -0.3 is 10.1 Å². The molecule has 1 aromatic carbocycles. The molecule has 0 aliphatic heterocycles. The summed E-state index contributed by atoms with van der Waals surface area (Å²) in [6.45, 7) is 8.44. The van der Waals surface area contributed by atoms with Gasteiger partial charge in [0.1, 0.15) is 12.4 Å². The van der Waals surface area contributed by atoms with Gasteiger partial charge in [0.15, 0.2) is 0 Å². The van der Waals surface area contributed by atoms with Crippen LogP contribution in [0.3, 0.4) is 0 Å². The van der Waals surface area contributed by atoms with Gasteiger partial charge in [0.25, 0.3) is 0 Å². The van der Waals surface area contributed by atoms with E-state index in [0.717, 1.165) is 24.8 Å². The van der Waals surface area contributed by atoms with Crippen LogP contribution in [-0.2, 0) is 0 Å². The zero-order valence-electron chi connectivity index (χ0n) is 11.3. The Hall–Kier alpha value is -1.02. The number of benzene rings is 1. The van der Waals surface area contributed by atoms with E-state index in [1.165, 1.54) is 12.8 Å². The van der Waals surface area contributed by atoms with Crippen LogP contribution in [0.15, 0.2) is 30.3 Å². The van der Waals surface area contributed by atoms with E-state index >= 15 is 0 Å². The van der Waals surface area contributed by atoms with E-state index in [1.54, 1.807) is 0 Å². The van der Waals surface area contributed by atoms with Crippen molar-refractivity contribution >= 4 is 0 Å². The second kappa shape index (κ2) is 8.13. The van der Waals surface area contributed by atoms with Crippen molar-refractivity contribution in [3.8, 4) is 5.75 Å². The molecule has 0 aliphatic carbocycles. The van der Waals surface area contributed by atoms with E-state index in [0.29, 0.717) is 6.04 Å². The van der Waals surface area contributed by atoms with Gasteiger partial charge in [-0.3, -0.25) is 0 Å². The third kappa shape index (κ3) is 6.32. The van der Waals surface area contributed by atoms with Crippen molar-refractivity contribution in [2.24, 2.45) is 5.92 Å². The summed E-state index contributed by atoms with van der Waals surface area (Å²) in [5.41, 5.74) is 0. The van der Waals surface area contributed by atoms with Gasteiger partial charge in [-0.25, -0.2) is 0 Å². The third-order valence-electron chi connectivity index (χ3n) is 3.06. The molecule has 2 nitrogen and oxygen atoms in total. The zero-order chi connectivity index (χ0) is 12.5. The Kier molecular flexibility index (Phi) is 6.71. The van der Waals surface area contributed by atoms with Crippen molar-refractivity contribution in [1.82, 2.24) is 5.32 Å². The molecule has 96 valence electrons. The van der Waals surface area contributed by atoms with Crippen LogP contribution in [0, 0.1) is 5.92 Å². The minimum Gasteiger partial charge on any atom is -0.492 e. The van der Waals surface area contributed by atoms with Crippen LogP contribution in [0.1, 0.15) is 33.6 Å². The Labute approximate surface area is 105 Å². The molecular weight excluding hydrogens is 210 g/mol. The topological polar surface area (TPSA) is 21.3 Å². The first-order valence-corrected chi connectivity index (χ1v) is 6.63. The van der Waals surface area contributed by atoms with Gasteiger partial charge >= 0.3 is 0 Å². The predicted octanol–water partition coefficient (Wildman–Crippen LogP) is 3.48. The number of hydrogen-bond donors (Lipinski definition) is 1. The predicted molar refractivity (Wildman–Crippen MR) is 73.5 cm³/mol. The summed E-state index contributed by atoms with van der Waals surface area (Å²) in [5.74, 6) is 1.75. The van der Waals surface area contributed by atoms with Crippen LogP contribution in [0.5, 0.6) is 5.75 Å². The maximum absolute atomic E-state index is 5.63. The Morgan fingerprint density at radius 2 is 1.88 bits per heavy atom. The molecule has 17 heavy (non-hydrogen) atoms. The summed E-state index contributed by atoms with van der Waals surface area (Å²) in [5, 5.41) is 3.49. The van der Waals surface area contributed by atoms with E-state index in [1.807, 2.05) is 30.3 Å². The molecule has 2 heteroatoms. The van der Waals surface area contributed by atoms with Crippen LogP contribution >= 0.6 is 0 Å². The van der Waals surface area contributed by atoms with Crippen molar-refractivity contribution in [3.05, 3.63) is 30.3 Å². The first-order valence-electron chi connectivity index (χ1n) is 6.63. The molecule has 2 atom stereocenters. The number of hydrogen-bond acceptors (Lipinski definition) is 2. The summed E-state index contributed by atoms with van der Waals surface area (Å²) >= 11 is 0. The Morgan fingerprint density at radius 3 is 2.53 bits per heavy atom. The van der Waals surface area contributed by atoms with Crippen molar-refractivity contribution < 1.29 is 4.74 Å². The molecule has 0 bridgehead atoms. The molecule has 1 aromatic rings. The van der Waals surface area contributed by atoms with Crippen LogP contribution in [0.25, 0.3) is 0 Å². The molecule has 0 saturated carbocycles. The maximum atomic E-state index is 5.63. The largest absolute Gasteiger partial charge is 0.492 e. The smallest absolute Gasteiger partial charge is 0.119 e. The van der Waals surface area contributed by atoms with E-state index in [-0.39, 0.29) is 0 Å². The highest BCUT2D eigenvalue weighted by Gasteiger charge is 2.05. The quantitative estimate of drug-likeness (QED) is 0.697. The molecule has 0 saturated heterocycles. The van der Waals surface area contributed by atoms with Crippen LogP contribution in [-0.4, -0.2) is 19.2 Å². The fraction of sp³-hybridized carbons (Fsp3) is 0.600. The van der Waals surface area contributed by atoms with Crippen LogP contribution in [0.4, 0.5) is 0 Å². The molecule has 0 aromatic heterocycles. The van der Waals surface area contributed by atoms with Gasteiger partial charge in [0, 0.05) is 12.6 Å². The lowest BCUT2D eigenvalue weighted by atomic mass is 10.0. The summed E-state index contributed by atoms with van der Waals surface area (Å²) in [4.78, 5) is 0. The minimum atomic E-state index is 0.573. The van der Waals surface area contributed by atoms with Gasteiger partial charge in [0.2, 0.25) is 0 Å². The van der Waals surface area contributed by atoms with Crippen molar-refractivity contribution in [2.45, 2.75) is 39.7 Å². The SMILES string of the molecule is CCC(C)CC(C)NCCOc1ccccc1. The van der Waals surface area contributed by atoms with E-state index in [4.69, 9.17) is 4.74 Å². The van der Waals surface area contributed by atoms with Crippen molar-refractivity contribution in [2.75, 3.05) is 13.2 Å². The van der Waals surface area contributed by atoms with Crippen molar-refractivity contribution in [3.63, 3.8) is 0 Å².